The Kier molecular flexibility index (Phi) is 5.54. The number of carbonyl (C=O) groups is 2. The third-order valence-electron chi connectivity index (χ3n) is 4.42. The molecule has 21 heavy (non-hydrogen) atoms. The molecule has 2 saturated heterocycles. The normalized spacial score (nSPS) is 26.5. The smallest absolute Gasteiger partial charge is 0.246 e. The van der Waals surface area contributed by atoms with Crippen LogP contribution in [-0.4, -0.2) is 60.1 Å². The zero-order valence-electron chi connectivity index (χ0n) is 13.2. The molecule has 2 rings (SSSR count). The SMILES string of the molecule is COCCC1CCN(C(=O)C2CSC(C)(C)C(=O)N2)CC1. The van der Waals surface area contributed by atoms with E-state index in [1.54, 1.807) is 18.9 Å². The largest absolute Gasteiger partial charge is 0.385 e. The molecule has 2 aliphatic rings. The first-order valence-electron chi connectivity index (χ1n) is 7.66. The van der Waals surface area contributed by atoms with Crippen LogP contribution in [-0.2, 0) is 14.3 Å². The summed E-state index contributed by atoms with van der Waals surface area (Å²) in [5.41, 5.74) is 0. The summed E-state index contributed by atoms with van der Waals surface area (Å²) in [6.07, 6.45) is 3.14. The molecule has 120 valence electrons. The molecular weight excluding hydrogens is 288 g/mol. The van der Waals surface area contributed by atoms with E-state index < -0.39 is 4.75 Å². The second-order valence-corrected chi connectivity index (χ2v) is 8.04. The van der Waals surface area contributed by atoms with Crippen LogP contribution in [0.2, 0.25) is 0 Å². The van der Waals surface area contributed by atoms with Crippen molar-refractivity contribution < 1.29 is 14.3 Å². The Balaban J connectivity index is 1.81. The van der Waals surface area contributed by atoms with Crippen molar-refractivity contribution in [3.8, 4) is 0 Å². The van der Waals surface area contributed by atoms with E-state index in [1.807, 2.05) is 18.7 Å². The highest BCUT2D eigenvalue weighted by Crippen LogP contribution is 2.30. The second kappa shape index (κ2) is 7.01. The summed E-state index contributed by atoms with van der Waals surface area (Å²) in [5, 5.41) is 2.88. The van der Waals surface area contributed by atoms with E-state index in [4.69, 9.17) is 4.74 Å². The highest BCUT2D eigenvalue weighted by Gasteiger charge is 2.39. The number of amides is 2. The molecule has 0 bridgehead atoms. The third-order valence-corrected chi connectivity index (χ3v) is 5.82. The Bertz CT molecular complexity index is 392. The van der Waals surface area contributed by atoms with E-state index >= 15 is 0 Å². The molecule has 0 aromatic rings. The number of ether oxygens (including phenoxy) is 1. The lowest BCUT2D eigenvalue weighted by atomic mass is 9.93. The van der Waals surface area contributed by atoms with Gasteiger partial charge in [-0.2, -0.15) is 0 Å². The van der Waals surface area contributed by atoms with Gasteiger partial charge in [-0.1, -0.05) is 0 Å². The first-order chi connectivity index (χ1) is 9.94. The van der Waals surface area contributed by atoms with Crippen molar-refractivity contribution in [3.05, 3.63) is 0 Å². The predicted octanol–water partition coefficient (Wildman–Crippen LogP) is 1.27. The lowest BCUT2D eigenvalue weighted by Crippen LogP contribution is -2.58. The quantitative estimate of drug-likeness (QED) is 0.849. The standard InChI is InChI=1S/C15H26N2O3S/c1-15(2)14(19)16-12(10-21-15)13(18)17-7-4-11(5-8-17)6-9-20-3/h11-12H,4-10H2,1-3H3,(H,16,19). The Labute approximate surface area is 131 Å². The van der Waals surface area contributed by atoms with Crippen LogP contribution in [0, 0.1) is 5.92 Å². The molecule has 1 unspecified atom stereocenters. The maximum Gasteiger partial charge on any atom is 0.246 e. The van der Waals surface area contributed by atoms with Crippen LogP contribution in [0.5, 0.6) is 0 Å². The van der Waals surface area contributed by atoms with Crippen LogP contribution in [0.3, 0.4) is 0 Å². The van der Waals surface area contributed by atoms with Crippen LogP contribution < -0.4 is 5.32 Å². The van der Waals surface area contributed by atoms with Gasteiger partial charge in [-0.05, 0) is 39.0 Å². The molecular formula is C15H26N2O3S. The van der Waals surface area contributed by atoms with Gasteiger partial charge in [-0.15, -0.1) is 11.8 Å². The maximum absolute atomic E-state index is 12.5. The molecule has 1 atom stereocenters. The zero-order valence-corrected chi connectivity index (χ0v) is 14.0. The number of thioether (sulfide) groups is 1. The topological polar surface area (TPSA) is 58.6 Å². The average Bonchev–Trinajstić information content (AvgIpc) is 2.48. The van der Waals surface area contributed by atoms with Crippen LogP contribution in [0.25, 0.3) is 0 Å². The van der Waals surface area contributed by atoms with Gasteiger partial charge in [0.25, 0.3) is 0 Å². The molecule has 0 aliphatic carbocycles. The van der Waals surface area contributed by atoms with Crippen molar-refractivity contribution in [2.24, 2.45) is 5.92 Å². The fourth-order valence-corrected chi connectivity index (χ4v) is 3.81. The Morgan fingerprint density at radius 1 is 1.43 bits per heavy atom. The van der Waals surface area contributed by atoms with Crippen molar-refractivity contribution in [1.29, 1.82) is 0 Å². The number of piperidine rings is 1. The number of rotatable bonds is 4. The van der Waals surface area contributed by atoms with Gasteiger partial charge in [-0.25, -0.2) is 0 Å². The first-order valence-corrected chi connectivity index (χ1v) is 8.65. The van der Waals surface area contributed by atoms with Crippen LogP contribution in [0.1, 0.15) is 33.1 Å². The maximum atomic E-state index is 12.5. The number of nitrogens with zero attached hydrogens (tertiary/aromatic N) is 1. The van der Waals surface area contributed by atoms with E-state index in [-0.39, 0.29) is 17.9 Å². The van der Waals surface area contributed by atoms with Crippen LogP contribution in [0.4, 0.5) is 0 Å². The third kappa shape index (κ3) is 4.13. The predicted molar refractivity (Wildman–Crippen MR) is 84.3 cm³/mol. The molecule has 0 radical (unpaired) electrons. The summed E-state index contributed by atoms with van der Waals surface area (Å²) in [6, 6.07) is -0.356. The average molecular weight is 314 g/mol. The van der Waals surface area contributed by atoms with Crippen LogP contribution in [0.15, 0.2) is 0 Å². The number of nitrogens with one attached hydrogen (secondary N) is 1. The van der Waals surface area contributed by atoms with Crippen molar-refractivity contribution in [2.45, 2.75) is 43.9 Å². The first kappa shape index (κ1) is 16.6. The summed E-state index contributed by atoms with van der Waals surface area (Å²) in [6.45, 7) is 6.19. The highest BCUT2D eigenvalue weighted by molar-refractivity contribution is 8.01. The molecule has 1 N–H and O–H groups in total. The van der Waals surface area contributed by atoms with Gasteiger partial charge >= 0.3 is 0 Å². The molecule has 2 fully saturated rings. The molecule has 0 aromatic heterocycles. The fraction of sp³-hybridized carbons (Fsp3) is 0.867. The number of carbonyl (C=O) groups excluding carboxylic acids is 2. The fourth-order valence-electron chi connectivity index (χ4n) is 2.81. The van der Waals surface area contributed by atoms with Gasteiger partial charge in [0, 0.05) is 32.6 Å². The number of likely N-dealkylation sites (tertiary alicyclic amines) is 1. The number of hydrogen-bond donors (Lipinski definition) is 1. The monoisotopic (exact) mass is 314 g/mol. The minimum atomic E-state index is -0.427. The molecule has 6 heteroatoms. The number of hydrogen-bond acceptors (Lipinski definition) is 4. The van der Waals surface area contributed by atoms with Gasteiger partial charge in [-0.3, -0.25) is 9.59 Å². The molecule has 5 nitrogen and oxygen atoms in total. The summed E-state index contributed by atoms with van der Waals surface area (Å²) >= 11 is 1.56. The van der Waals surface area contributed by atoms with E-state index in [0.29, 0.717) is 11.7 Å². The minimum Gasteiger partial charge on any atom is -0.385 e. The minimum absolute atomic E-state index is 0.0351. The van der Waals surface area contributed by atoms with Crippen molar-refractivity contribution in [2.75, 3.05) is 32.6 Å². The van der Waals surface area contributed by atoms with Gasteiger partial charge in [0.15, 0.2) is 0 Å². The molecule has 0 saturated carbocycles. The zero-order chi connectivity index (χ0) is 15.5. The number of methoxy groups -OCH3 is 1. The summed E-state index contributed by atoms with van der Waals surface area (Å²) in [5.74, 6) is 1.37. The van der Waals surface area contributed by atoms with E-state index in [0.717, 1.165) is 39.0 Å². The van der Waals surface area contributed by atoms with E-state index in [2.05, 4.69) is 5.32 Å². The molecule has 2 amide bonds. The molecule has 2 aliphatic heterocycles. The molecule has 2 heterocycles. The summed E-state index contributed by atoms with van der Waals surface area (Å²) in [7, 11) is 1.73. The second-order valence-electron chi connectivity index (χ2n) is 6.40. The van der Waals surface area contributed by atoms with E-state index in [1.165, 1.54) is 0 Å². The van der Waals surface area contributed by atoms with Gasteiger partial charge in [0.2, 0.25) is 11.8 Å². The Morgan fingerprint density at radius 2 is 2.10 bits per heavy atom. The lowest BCUT2D eigenvalue weighted by Gasteiger charge is -2.38. The van der Waals surface area contributed by atoms with Crippen molar-refractivity contribution in [1.82, 2.24) is 10.2 Å². The van der Waals surface area contributed by atoms with Gasteiger partial charge < -0.3 is 15.0 Å². The highest BCUT2D eigenvalue weighted by atomic mass is 32.2. The van der Waals surface area contributed by atoms with Gasteiger partial charge in [0.1, 0.15) is 6.04 Å². The van der Waals surface area contributed by atoms with E-state index in [9.17, 15) is 9.59 Å². The summed E-state index contributed by atoms with van der Waals surface area (Å²) < 4.78 is 4.69. The van der Waals surface area contributed by atoms with Crippen LogP contribution >= 0.6 is 11.8 Å². The Morgan fingerprint density at radius 3 is 2.67 bits per heavy atom. The Hall–Kier alpha value is -0.750. The molecule has 0 spiro atoms. The van der Waals surface area contributed by atoms with Crippen molar-refractivity contribution in [3.63, 3.8) is 0 Å². The molecule has 0 aromatic carbocycles. The van der Waals surface area contributed by atoms with Gasteiger partial charge in [0.05, 0.1) is 4.75 Å². The lowest BCUT2D eigenvalue weighted by molar-refractivity contribution is -0.137. The van der Waals surface area contributed by atoms with Crippen molar-refractivity contribution >= 4 is 23.6 Å². The summed E-state index contributed by atoms with van der Waals surface area (Å²) in [4.78, 5) is 26.4.